The van der Waals surface area contributed by atoms with E-state index in [9.17, 15) is 13.2 Å². The van der Waals surface area contributed by atoms with Crippen molar-refractivity contribution in [1.29, 1.82) is 0 Å². The second-order valence-electron chi connectivity index (χ2n) is 5.12. The highest BCUT2D eigenvalue weighted by Gasteiger charge is 2.15. The Kier molecular flexibility index (Phi) is 7.31. The van der Waals surface area contributed by atoms with Crippen molar-refractivity contribution in [2.75, 3.05) is 37.9 Å². The molecule has 1 atom stereocenters. The minimum absolute atomic E-state index is 0.210. The number of amides is 1. The molecule has 1 rings (SSSR count). The number of anilines is 1. The van der Waals surface area contributed by atoms with Crippen LogP contribution in [-0.2, 0) is 19.6 Å². The molecule has 1 amide bonds. The first-order valence-corrected chi connectivity index (χ1v) is 9.08. The number of rotatable bonds is 9. The fourth-order valence-electron chi connectivity index (χ4n) is 1.76. The Morgan fingerprint density at radius 1 is 1.30 bits per heavy atom. The molecular weight excluding hydrogens is 320 g/mol. The molecule has 23 heavy (non-hydrogen) atoms. The fraction of sp³-hybridized carbons (Fsp3) is 0.533. The highest BCUT2D eigenvalue weighted by Crippen LogP contribution is 2.20. The summed E-state index contributed by atoms with van der Waals surface area (Å²) in [7, 11) is -0.219. The molecule has 0 unspecified atom stereocenters. The molecule has 0 spiro atoms. The van der Waals surface area contributed by atoms with Gasteiger partial charge in [-0.3, -0.25) is 9.10 Å². The van der Waals surface area contributed by atoms with Crippen LogP contribution in [0.25, 0.3) is 0 Å². The second kappa shape index (κ2) is 8.73. The maximum atomic E-state index is 11.9. The van der Waals surface area contributed by atoms with E-state index in [4.69, 9.17) is 9.47 Å². The number of hydrogen-bond acceptors (Lipinski definition) is 5. The predicted molar refractivity (Wildman–Crippen MR) is 89.3 cm³/mol. The van der Waals surface area contributed by atoms with Crippen LogP contribution in [0.3, 0.4) is 0 Å². The van der Waals surface area contributed by atoms with Crippen LogP contribution in [0.2, 0.25) is 0 Å². The average molecular weight is 344 g/mol. The van der Waals surface area contributed by atoms with Crippen LogP contribution in [0, 0.1) is 0 Å². The number of hydrogen-bond donors (Lipinski definition) is 1. The minimum atomic E-state index is -3.30. The van der Waals surface area contributed by atoms with Gasteiger partial charge in [0.2, 0.25) is 10.0 Å². The van der Waals surface area contributed by atoms with Crippen LogP contribution in [0.5, 0.6) is 5.75 Å². The molecule has 0 bridgehead atoms. The number of benzene rings is 1. The first-order valence-electron chi connectivity index (χ1n) is 7.23. The molecule has 130 valence electrons. The first kappa shape index (κ1) is 19.2. The number of ether oxygens (including phenoxy) is 2. The quantitative estimate of drug-likeness (QED) is 0.676. The lowest BCUT2D eigenvalue weighted by atomic mass is 10.3. The zero-order valence-electron chi connectivity index (χ0n) is 13.9. The summed E-state index contributed by atoms with van der Waals surface area (Å²) in [5, 5.41) is 2.76. The molecule has 1 N–H and O–H groups in total. The fourth-order valence-corrected chi connectivity index (χ4v) is 2.26. The van der Waals surface area contributed by atoms with E-state index in [1.54, 1.807) is 38.3 Å². The zero-order chi connectivity index (χ0) is 17.5. The van der Waals surface area contributed by atoms with Gasteiger partial charge in [0.1, 0.15) is 5.75 Å². The van der Waals surface area contributed by atoms with Gasteiger partial charge in [-0.05, 0) is 37.6 Å². The molecular formula is C15H24N2O5S. The molecule has 0 fully saturated rings. The van der Waals surface area contributed by atoms with Gasteiger partial charge in [0.25, 0.3) is 5.91 Å². The summed E-state index contributed by atoms with van der Waals surface area (Å²) in [6, 6.07) is 6.51. The second-order valence-corrected chi connectivity index (χ2v) is 7.14. The van der Waals surface area contributed by atoms with Crippen molar-refractivity contribution in [2.45, 2.75) is 19.4 Å². The Labute approximate surface area is 137 Å². The van der Waals surface area contributed by atoms with E-state index in [1.165, 1.54) is 11.4 Å². The summed E-state index contributed by atoms with van der Waals surface area (Å²) in [6.07, 6.45) is 1.23. The summed E-state index contributed by atoms with van der Waals surface area (Å²) in [5.41, 5.74) is 0.525. The molecule has 1 aromatic carbocycles. The van der Waals surface area contributed by atoms with Crippen LogP contribution in [0.4, 0.5) is 5.69 Å². The minimum Gasteiger partial charge on any atom is -0.481 e. The molecule has 0 aliphatic carbocycles. The van der Waals surface area contributed by atoms with Crippen LogP contribution in [0.1, 0.15) is 13.3 Å². The van der Waals surface area contributed by atoms with E-state index in [-0.39, 0.29) is 5.91 Å². The van der Waals surface area contributed by atoms with Gasteiger partial charge in [0.05, 0.1) is 11.9 Å². The zero-order valence-corrected chi connectivity index (χ0v) is 14.7. The molecule has 0 saturated carbocycles. The van der Waals surface area contributed by atoms with E-state index >= 15 is 0 Å². The highest BCUT2D eigenvalue weighted by molar-refractivity contribution is 7.92. The van der Waals surface area contributed by atoms with Gasteiger partial charge >= 0.3 is 0 Å². The summed E-state index contributed by atoms with van der Waals surface area (Å²) >= 11 is 0. The molecule has 0 radical (unpaired) electrons. The lowest BCUT2D eigenvalue weighted by Gasteiger charge is -2.18. The van der Waals surface area contributed by atoms with E-state index in [2.05, 4.69) is 5.32 Å². The third-order valence-corrected chi connectivity index (χ3v) is 4.41. The molecule has 1 aromatic rings. The standard InChI is InChI=1S/C15H24N2O5S/c1-12(15(18)16-10-5-11-21-3)22-14-8-6-13(7-9-14)17(2)23(4,19)20/h6-9,12H,5,10-11H2,1-4H3,(H,16,18)/t12-/m0/s1. The number of carbonyl (C=O) groups excluding carboxylic acids is 1. The normalized spacial score (nSPS) is 12.5. The predicted octanol–water partition coefficient (Wildman–Crippen LogP) is 1.00. The number of methoxy groups -OCH3 is 1. The monoisotopic (exact) mass is 344 g/mol. The number of sulfonamides is 1. The van der Waals surface area contributed by atoms with Crippen molar-refractivity contribution in [3.63, 3.8) is 0 Å². The molecule has 0 saturated heterocycles. The van der Waals surface area contributed by atoms with Crippen LogP contribution >= 0.6 is 0 Å². The van der Waals surface area contributed by atoms with Gasteiger partial charge in [-0.2, -0.15) is 0 Å². The van der Waals surface area contributed by atoms with Crippen molar-refractivity contribution in [3.05, 3.63) is 24.3 Å². The largest absolute Gasteiger partial charge is 0.481 e. The van der Waals surface area contributed by atoms with E-state index in [0.717, 1.165) is 12.7 Å². The summed E-state index contributed by atoms with van der Waals surface area (Å²) in [4.78, 5) is 11.9. The Bertz CT molecular complexity index is 601. The van der Waals surface area contributed by atoms with Gasteiger partial charge in [-0.1, -0.05) is 0 Å². The molecule has 8 heteroatoms. The number of nitrogens with one attached hydrogen (secondary N) is 1. The van der Waals surface area contributed by atoms with Crippen molar-refractivity contribution < 1.29 is 22.7 Å². The van der Waals surface area contributed by atoms with Gasteiger partial charge in [0, 0.05) is 27.3 Å². The van der Waals surface area contributed by atoms with Crippen molar-refractivity contribution in [2.24, 2.45) is 0 Å². The topological polar surface area (TPSA) is 84.9 Å². The Morgan fingerprint density at radius 3 is 2.43 bits per heavy atom. The number of nitrogens with zero attached hydrogens (tertiary/aromatic N) is 1. The van der Waals surface area contributed by atoms with Gasteiger partial charge in [0.15, 0.2) is 6.10 Å². The lowest BCUT2D eigenvalue weighted by molar-refractivity contribution is -0.127. The van der Waals surface area contributed by atoms with Crippen LogP contribution < -0.4 is 14.4 Å². The Hall–Kier alpha value is -1.80. The Balaban J connectivity index is 2.56. The van der Waals surface area contributed by atoms with E-state index in [0.29, 0.717) is 24.6 Å². The lowest BCUT2D eigenvalue weighted by Crippen LogP contribution is -2.37. The van der Waals surface area contributed by atoms with Gasteiger partial charge in [-0.15, -0.1) is 0 Å². The highest BCUT2D eigenvalue weighted by atomic mass is 32.2. The average Bonchev–Trinajstić information content (AvgIpc) is 2.50. The smallest absolute Gasteiger partial charge is 0.260 e. The number of carbonyl (C=O) groups is 1. The summed E-state index contributed by atoms with van der Waals surface area (Å²) in [6.45, 7) is 2.77. The first-order chi connectivity index (χ1) is 10.8. The molecule has 0 heterocycles. The van der Waals surface area contributed by atoms with Crippen molar-refractivity contribution >= 4 is 21.6 Å². The summed E-state index contributed by atoms with van der Waals surface area (Å²) < 4.78 is 34.5. The van der Waals surface area contributed by atoms with Crippen molar-refractivity contribution in [1.82, 2.24) is 5.32 Å². The van der Waals surface area contributed by atoms with Crippen LogP contribution in [0.15, 0.2) is 24.3 Å². The van der Waals surface area contributed by atoms with Crippen LogP contribution in [-0.4, -0.2) is 54.0 Å². The Morgan fingerprint density at radius 2 is 1.91 bits per heavy atom. The van der Waals surface area contributed by atoms with Gasteiger partial charge < -0.3 is 14.8 Å². The van der Waals surface area contributed by atoms with E-state index in [1.807, 2.05) is 0 Å². The third kappa shape index (κ3) is 6.45. The van der Waals surface area contributed by atoms with E-state index < -0.39 is 16.1 Å². The maximum Gasteiger partial charge on any atom is 0.260 e. The van der Waals surface area contributed by atoms with Gasteiger partial charge in [-0.25, -0.2) is 8.42 Å². The molecule has 0 aliphatic heterocycles. The third-order valence-electron chi connectivity index (χ3n) is 3.20. The molecule has 7 nitrogen and oxygen atoms in total. The summed E-state index contributed by atoms with van der Waals surface area (Å²) in [5.74, 6) is 0.286. The molecule has 0 aliphatic rings. The molecule has 0 aromatic heterocycles. The maximum absolute atomic E-state index is 11.9. The SMILES string of the molecule is COCCCNC(=O)[C@H](C)Oc1ccc(N(C)S(C)(=O)=O)cc1. The van der Waals surface area contributed by atoms with Crippen molar-refractivity contribution in [3.8, 4) is 5.75 Å².